The standard InChI is InChI=1S/C15H11Cl2N/c16-12-3-1-2-10(7-12)6-11-9-18-15-8-13(17)4-5-14(11)15/h1-8,18H,9H2. The van der Waals surface area contributed by atoms with Crippen molar-refractivity contribution in [2.24, 2.45) is 0 Å². The van der Waals surface area contributed by atoms with Crippen molar-refractivity contribution in [1.82, 2.24) is 0 Å². The molecule has 0 unspecified atom stereocenters. The molecule has 0 radical (unpaired) electrons. The maximum absolute atomic E-state index is 5.99. The molecule has 0 amide bonds. The lowest BCUT2D eigenvalue weighted by molar-refractivity contribution is 1.45. The lowest BCUT2D eigenvalue weighted by Gasteiger charge is -2.01. The van der Waals surface area contributed by atoms with Gasteiger partial charge in [-0.2, -0.15) is 0 Å². The fourth-order valence-corrected chi connectivity index (χ4v) is 2.53. The Labute approximate surface area is 116 Å². The lowest BCUT2D eigenvalue weighted by atomic mass is 10.0. The quantitative estimate of drug-likeness (QED) is 0.776. The third-order valence-corrected chi connectivity index (χ3v) is 3.46. The van der Waals surface area contributed by atoms with E-state index in [2.05, 4.69) is 11.4 Å². The minimum Gasteiger partial charge on any atom is -0.380 e. The van der Waals surface area contributed by atoms with Gasteiger partial charge in [0, 0.05) is 27.8 Å². The van der Waals surface area contributed by atoms with E-state index in [4.69, 9.17) is 23.2 Å². The molecule has 1 aliphatic heterocycles. The zero-order chi connectivity index (χ0) is 12.5. The van der Waals surface area contributed by atoms with Crippen LogP contribution in [0.3, 0.4) is 0 Å². The Morgan fingerprint density at radius 3 is 2.67 bits per heavy atom. The molecule has 0 spiro atoms. The van der Waals surface area contributed by atoms with Gasteiger partial charge >= 0.3 is 0 Å². The molecule has 18 heavy (non-hydrogen) atoms. The van der Waals surface area contributed by atoms with E-state index in [1.54, 1.807) is 0 Å². The number of benzene rings is 2. The van der Waals surface area contributed by atoms with Gasteiger partial charge in [0.2, 0.25) is 0 Å². The number of nitrogens with one attached hydrogen (secondary N) is 1. The predicted molar refractivity (Wildman–Crippen MR) is 79.3 cm³/mol. The second-order valence-corrected chi connectivity index (χ2v) is 5.14. The highest BCUT2D eigenvalue weighted by Gasteiger charge is 2.15. The van der Waals surface area contributed by atoms with E-state index >= 15 is 0 Å². The van der Waals surface area contributed by atoms with Crippen LogP contribution >= 0.6 is 23.2 Å². The molecular formula is C15H11Cl2N. The van der Waals surface area contributed by atoms with Crippen LogP contribution in [0.5, 0.6) is 0 Å². The molecule has 0 aliphatic carbocycles. The Morgan fingerprint density at radius 2 is 1.83 bits per heavy atom. The van der Waals surface area contributed by atoms with Crippen molar-refractivity contribution >= 4 is 40.5 Å². The van der Waals surface area contributed by atoms with E-state index in [-0.39, 0.29) is 0 Å². The predicted octanol–water partition coefficient (Wildman–Crippen LogP) is 4.96. The monoisotopic (exact) mass is 275 g/mol. The van der Waals surface area contributed by atoms with Gasteiger partial charge < -0.3 is 5.32 Å². The number of fused-ring (bicyclic) bond motifs is 1. The van der Waals surface area contributed by atoms with Crippen molar-refractivity contribution in [2.75, 3.05) is 11.9 Å². The smallest absolute Gasteiger partial charge is 0.0434 e. The number of anilines is 1. The van der Waals surface area contributed by atoms with Crippen molar-refractivity contribution in [1.29, 1.82) is 0 Å². The molecule has 0 fully saturated rings. The van der Waals surface area contributed by atoms with Crippen LogP contribution in [0.15, 0.2) is 42.5 Å². The van der Waals surface area contributed by atoms with E-state index in [9.17, 15) is 0 Å². The van der Waals surface area contributed by atoms with Gasteiger partial charge in [-0.05, 0) is 41.5 Å². The van der Waals surface area contributed by atoms with Crippen molar-refractivity contribution in [3.63, 3.8) is 0 Å². The molecule has 1 aliphatic rings. The summed E-state index contributed by atoms with van der Waals surface area (Å²) in [6, 6.07) is 13.8. The SMILES string of the molecule is Clc1cccc(C=C2CNc3cc(Cl)ccc32)c1. The van der Waals surface area contributed by atoms with E-state index < -0.39 is 0 Å². The molecule has 3 rings (SSSR count). The minimum atomic E-state index is 0.755. The first-order valence-electron chi connectivity index (χ1n) is 5.72. The van der Waals surface area contributed by atoms with Gasteiger partial charge in [0.15, 0.2) is 0 Å². The first-order chi connectivity index (χ1) is 8.72. The topological polar surface area (TPSA) is 12.0 Å². The third-order valence-electron chi connectivity index (χ3n) is 2.99. The summed E-state index contributed by atoms with van der Waals surface area (Å²) in [5.74, 6) is 0. The average molecular weight is 276 g/mol. The Balaban J connectivity index is 2.01. The van der Waals surface area contributed by atoms with E-state index in [1.165, 1.54) is 11.1 Å². The van der Waals surface area contributed by atoms with Crippen LogP contribution in [0.25, 0.3) is 11.6 Å². The second kappa shape index (κ2) is 4.68. The summed E-state index contributed by atoms with van der Waals surface area (Å²) < 4.78 is 0. The summed E-state index contributed by atoms with van der Waals surface area (Å²) in [5, 5.41) is 4.85. The Kier molecular flexibility index (Phi) is 3.02. The Hall–Kier alpha value is -1.44. The van der Waals surface area contributed by atoms with Gasteiger partial charge in [0.05, 0.1) is 0 Å². The second-order valence-electron chi connectivity index (χ2n) is 4.27. The summed E-state index contributed by atoms with van der Waals surface area (Å²) in [6.45, 7) is 0.822. The van der Waals surface area contributed by atoms with Crippen molar-refractivity contribution in [3.8, 4) is 0 Å². The summed E-state index contributed by atoms with van der Waals surface area (Å²) >= 11 is 12.0. The van der Waals surface area contributed by atoms with Gasteiger partial charge in [-0.3, -0.25) is 0 Å². The first-order valence-corrected chi connectivity index (χ1v) is 6.48. The molecule has 0 saturated heterocycles. The highest BCUT2D eigenvalue weighted by molar-refractivity contribution is 6.31. The highest BCUT2D eigenvalue weighted by Crippen LogP contribution is 2.34. The van der Waals surface area contributed by atoms with Crippen LogP contribution in [0.4, 0.5) is 5.69 Å². The first kappa shape index (κ1) is 11.6. The fourth-order valence-electron chi connectivity index (χ4n) is 2.15. The van der Waals surface area contributed by atoms with Gasteiger partial charge in [-0.15, -0.1) is 0 Å². The third kappa shape index (κ3) is 2.24. The molecule has 2 aromatic carbocycles. The molecule has 0 bridgehead atoms. The van der Waals surface area contributed by atoms with E-state index in [1.807, 2.05) is 42.5 Å². The van der Waals surface area contributed by atoms with E-state index in [0.29, 0.717) is 0 Å². The zero-order valence-corrected chi connectivity index (χ0v) is 11.1. The molecule has 1 nitrogen and oxygen atoms in total. The maximum Gasteiger partial charge on any atom is 0.0434 e. The Morgan fingerprint density at radius 1 is 1.00 bits per heavy atom. The van der Waals surface area contributed by atoms with Crippen LogP contribution in [0.1, 0.15) is 11.1 Å². The van der Waals surface area contributed by atoms with Crippen LogP contribution in [0, 0.1) is 0 Å². The van der Waals surface area contributed by atoms with Gasteiger partial charge in [0.25, 0.3) is 0 Å². The summed E-state index contributed by atoms with van der Waals surface area (Å²) in [4.78, 5) is 0. The number of hydrogen-bond acceptors (Lipinski definition) is 1. The Bertz CT molecular complexity index is 632. The highest BCUT2D eigenvalue weighted by atomic mass is 35.5. The molecule has 0 saturated carbocycles. The molecule has 90 valence electrons. The summed E-state index contributed by atoms with van der Waals surface area (Å²) in [7, 11) is 0. The molecule has 3 heteroatoms. The lowest BCUT2D eigenvalue weighted by Crippen LogP contribution is -1.91. The average Bonchev–Trinajstić information content (AvgIpc) is 2.72. The molecular weight excluding hydrogens is 265 g/mol. The maximum atomic E-state index is 5.99. The van der Waals surface area contributed by atoms with Crippen LogP contribution < -0.4 is 5.32 Å². The van der Waals surface area contributed by atoms with Gasteiger partial charge in [-0.25, -0.2) is 0 Å². The molecule has 0 atom stereocenters. The molecule has 1 N–H and O–H groups in total. The number of hydrogen-bond donors (Lipinski definition) is 1. The zero-order valence-electron chi connectivity index (χ0n) is 9.58. The molecule has 0 aromatic heterocycles. The van der Waals surface area contributed by atoms with Crippen LogP contribution in [-0.4, -0.2) is 6.54 Å². The van der Waals surface area contributed by atoms with Gasteiger partial charge in [0.1, 0.15) is 0 Å². The largest absolute Gasteiger partial charge is 0.380 e. The van der Waals surface area contributed by atoms with E-state index in [0.717, 1.165) is 27.8 Å². The minimum absolute atomic E-state index is 0.755. The number of halogens is 2. The number of rotatable bonds is 1. The van der Waals surface area contributed by atoms with Crippen molar-refractivity contribution in [2.45, 2.75) is 0 Å². The summed E-state index contributed by atoms with van der Waals surface area (Å²) in [5.41, 5.74) is 4.67. The van der Waals surface area contributed by atoms with Crippen molar-refractivity contribution < 1.29 is 0 Å². The molecule has 2 aromatic rings. The molecule has 1 heterocycles. The fraction of sp³-hybridized carbons (Fsp3) is 0.0667. The van der Waals surface area contributed by atoms with Crippen molar-refractivity contribution in [3.05, 3.63) is 63.6 Å². The summed E-state index contributed by atoms with van der Waals surface area (Å²) in [6.07, 6.45) is 2.15. The van der Waals surface area contributed by atoms with Crippen LogP contribution in [-0.2, 0) is 0 Å². The van der Waals surface area contributed by atoms with Gasteiger partial charge in [-0.1, -0.05) is 41.4 Å². The normalized spacial score (nSPS) is 15.6. The van der Waals surface area contributed by atoms with Crippen LogP contribution in [0.2, 0.25) is 10.0 Å².